The lowest BCUT2D eigenvalue weighted by Crippen LogP contribution is -1.91. The summed E-state index contributed by atoms with van der Waals surface area (Å²) in [6.45, 7) is 0. The Morgan fingerprint density at radius 1 is 1.60 bits per heavy atom. The van der Waals surface area contributed by atoms with Crippen molar-refractivity contribution in [3.8, 4) is 11.5 Å². The van der Waals surface area contributed by atoms with Gasteiger partial charge in [0, 0.05) is 6.07 Å². The summed E-state index contributed by atoms with van der Waals surface area (Å²) in [4.78, 5) is 21.0. The van der Waals surface area contributed by atoms with Gasteiger partial charge < -0.3 is 9.84 Å². The minimum Gasteiger partial charge on any atom is -0.504 e. The van der Waals surface area contributed by atoms with E-state index in [2.05, 4.69) is 0 Å². The number of carbonyl (C=O) groups excluding carboxylic acids is 1. The van der Waals surface area contributed by atoms with Gasteiger partial charge in [-0.15, -0.1) is 0 Å². The number of hydrogen-bond acceptors (Lipinski definition) is 6. The van der Waals surface area contributed by atoms with Crippen molar-refractivity contribution in [1.29, 1.82) is 0 Å². The molecule has 80 valence electrons. The number of ether oxygens (including phenoxy) is 1. The van der Waals surface area contributed by atoms with E-state index < -0.39 is 4.33 Å². The van der Waals surface area contributed by atoms with Crippen LogP contribution in [0.5, 0.6) is 11.5 Å². The second-order valence-corrected chi connectivity index (χ2v) is 3.45. The van der Waals surface area contributed by atoms with Crippen LogP contribution in [0.2, 0.25) is 0 Å². The molecule has 0 unspecified atom stereocenters. The number of carbonyl (C=O) groups is 1. The van der Waals surface area contributed by atoms with Gasteiger partial charge >= 0.3 is 0 Å². The van der Waals surface area contributed by atoms with Gasteiger partial charge in [-0.2, -0.15) is 0 Å². The zero-order valence-corrected chi connectivity index (χ0v) is 8.48. The Morgan fingerprint density at radius 3 is 2.73 bits per heavy atom. The molecule has 15 heavy (non-hydrogen) atoms. The second kappa shape index (κ2) is 4.65. The van der Waals surface area contributed by atoms with Gasteiger partial charge in [-0.3, -0.25) is 14.9 Å². The van der Waals surface area contributed by atoms with Gasteiger partial charge in [-0.1, -0.05) is 0 Å². The first-order chi connectivity index (χ1) is 7.08. The number of aldehydes is 1. The summed E-state index contributed by atoms with van der Waals surface area (Å²) in [5.74, 6) is -0.288. The highest BCUT2D eigenvalue weighted by atomic mass is 32.2. The highest BCUT2D eigenvalue weighted by Gasteiger charge is 2.14. The summed E-state index contributed by atoms with van der Waals surface area (Å²) in [5.41, 5.74) is -0.0429. The fourth-order valence-corrected chi connectivity index (χ4v) is 1.50. The SMILES string of the molecule is COc1cc(S[N+](=O)[O-])cc(C=O)c1O. The molecule has 0 aromatic heterocycles. The normalized spacial score (nSPS) is 9.67. The molecular weight excluding hydrogens is 222 g/mol. The number of rotatable bonds is 4. The smallest absolute Gasteiger partial charge is 0.265 e. The van der Waals surface area contributed by atoms with Gasteiger partial charge in [-0.05, 0) is 6.07 Å². The van der Waals surface area contributed by atoms with Gasteiger partial charge in [0.05, 0.1) is 17.6 Å². The molecular formula is C8H7NO5S. The minimum atomic E-state index is -0.611. The number of methoxy groups -OCH3 is 1. The van der Waals surface area contributed by atoms with E-state index in [-0.39, 0.29) is 22.0 Å². The molecule has 0 radical (unpaired) electrons. The molecule has 6 nitrogen and oxygen atoms in total. The van der Waals surface area contributed by atoms with E-state index in [1.165, 1.54) is 19.2 Å². The molecule has 0 heterocycles. The van der Waals surface area contributed by atoms with Gasteiger partial charge in [0.2, 0.25) is 0 Å². The van der Waals surface area contributed by atoms with E-state index in [0.717, 1.165) is 0 Å². The quantitative estimate of drug-likeness (QED) is 0.364. The van der Waals surface area contributed by atoms with E-state index in [0.29, 0.717) is 18.2 Å². The highest BCUT2D eigenvalue weighted by molar-refractivity contribution is 7.93. The van der Waals surface area contributed by atoms with E-state index in [9.17, 15) is 20.0 Å². The van der Waals surface area contributed by atoms with Gasteiger partial charge in [0.15, 0.2) is 17.8 Å². The van der Waals surface area contributed by atoms with Crippen LogP contribution in [-0.4, -0.2) is 22.8 Å². The minimum absolute atomic E-state index is 0.0314. The molecule has 0 atom stereocenters. The molecule has 0 spiro atoms. The van der Waals surface area contributed by atoms with Crippen molar-refractivity contribution in [2.75, 3.05) is 7.11 Å². The average molecular weight is 229 g/mol. The van der Waals surface area contributed by atoms with Crippen molar-refractivity contribution in [3.05, 3.63) is 27.8 Å². The van der Waals surface area contributed by atoms with Gasteiger partial charge in [-0.25, -0.2) is 0 Å². The maximum atomic E-state index is 10.5. The number of phenolic OH excluding ortho intramolecular Hbond substituents is 1. The van der Waals surface area contributed by atoms with Crippen molar-refractivity contribution in [2.45, 2.75) is 4.90 Å². The van der Waals surface area contributed by atoms with Crippen LogP contribution in [-0.2, 0) is 0 Å². The van der Waals surface area contributed by atoms with Crippen molar-refractivity contribution >= 4 is 18.2 Å². The number of benzene rings is 1. The first-order valence-electron chi connectivity index (χ1n) is 3.77. The topological polar surface area (TPSA) is 89.7 Å². The van der Waals surface area contributed by atoms with Crippen LogP contribution in [0.25, 0.3) is 0 Å². The van der Waals surface area contributed by atoms with E-state index in [4.69, 9.17) is 4.74 Å². The highest BCUT2D eigenvalue weighted by Crippen LogP contribution is 2.34. The molecule has 1 aromatic rings. The summed E-state index contributed by atoms with van der Waals surface area (Å²) in [7, 11) is 1.30. The fourth-order valence-electron chi connectivity index (χ4n) is 0.987. The van der Waals surface area contributed by atoms with Crippen molar-refractivity contribution in [1.82, 2.24) is 0 Å². The Bertz CT molecular complexity index is 406. The third-order valence-corrected chi connectivity index (χ3v) is 2.20. The lowest BCUT2D eigenvalue weighted by molar-refractivity contribution is -0.284. The van der Waals surface area contributed by atoms with Crippen molar-refractivity contribution in [3.63, 3.8) is 0 Å². The fraction of sp³-hybridized carbons (Fsp3) is 0.125. The predicted octanol–water partition coefficient (Wildman–Crippen LogP) is 1.50. The van der Waals surface area contributed by atoms with Crippen LogP contribution in [0, 0.1) is 10.1 Å². The Labute approximate surface area is 89.1 Å². The molecule has 1 N–H and O–H groups in total. The third kappa shape index (κ3) is 2.59. The third-order valence-electron chi connectivity index (χ3n) is 1.60. The first-order valence-corrected chi connectivity index (χ1v) is 4.54. The number of nitro groups is 1. The maximum Gasteiger partial charge on any atom is 0.265 e. The monoisotopic (exact) mass is 229 g/mol. The molecule has 0 aliphatic rings. The first kappa shape index (κ1) is 11.3. The van der Waals surface area contributed by atoms with Crippen LogP contribution in [0.15, 0.2) is 17.0 Å². The Morgan fingerprint density at radius 2 is 2.27 bits per heavy atom. The summed E-state index contributed by atoms with van der Waals surface area (Å²) in [6.07, 6.45) is 0.405. The Balaban J connectivity index is 3.20. The van der Waals surface area contributed by atoms with Gasteiger partial charge in [0.1, 0.15) is 4.33 Å². The molecule has 0 aliphatic carbocycles. The molecule has 0 amide bonds. The Kier molecular flexibility index (Phi) is 3.51. The summed E-state index contributed by atoms with van der Waals surface area (Å²) in [5, 5.41) is 19.6. The van der Waals surface area contributed by atoms with Crippen molar-refractivity contribution in [2.24, 2.45) is 0 Å². The van der Waals surface area contributed by atoms with Gasteiger partial charge in [0.25, 0.3) is 11.9 Å². The van der Waals surface area contributed by atoms with E-state index >= 15 is 0 Å². The molecule has 0 aliphatic heterocycles. The molecule has 0 saturated carbocycles. The number of hydrogen-bond donors (Lipinski definition) is 1. The van der Waals surface area contributed by atoms with Crippen LogP contribution < -0.4 is 4.74 Å². The molecule has 0 saturated heterocycles. The zero-order valence-electron chi connectivity index (χ0n) is 7.67. The predicted molar refractivity (Wildman–Crippen MR) is 52.9 cm³/mol. The van der Waals surface area contributed by atoms with E-state index in [1.54, 1.807) is 0 Å². The zero-order chi connectivity index (χ0) is 11.4. The number of phenols is 1. The largest absolute Gasteiger partial charge is 0.504 e. The summed E-state index contributed by atoms with van der Waals surface area (Å²) >= 11 is 0.338. The number of nitrogens with zero attached hydrogens (tertiary/aromatic N) is 1. The van der Waals surface area contributed by atoms with Crippen LogP contribution in [0.1, 0.15) is 10.4 Å². The molecule has 1 aromatic carbocycles. The van der Waals surface area contributed by atoms with Crippen LogP contribution in [0.4, 0.5) is 0 Å². The summed E-state index contributed by atoms with van der Waals surface area (Å²) < 4.78 is 4.15. The lowest BCUT2D eigenvalue weighted by Gasteiger charge is -2.05. The average Bonchev–Trinajstić information content (AvgIpc) is 2.19. The lowest BCUT2D eigenvalue weighted by atomic mass is 10.2. The Hall–Kier alpha value is -1.76. The molecule has 1 rings (SSSR count). The number of aromatic hydroxyl groups is 1. The summed E-state index contributed by atoms with van der Waals surface area (Å²) in [6, 6.07) is 2.51. The van der Waals surface area contributed by atoms with E-state index in [1.807, 2.05) is 0 Å². The van der Waals surface area contributed by atoms with Crippen molar-refractivity contribution < 1.29 is 19.0 Å². The molecule has 7 heteroatoms. The molecule has 0 fully saturated rings. The molecule has 0 bridgehead atoms. The van der Waals surface area contributed by atoms with Crippen LogP contribution >= 0.6 is 11.9 Å². The maximum absolute atomic E-state index is 10.5. The second-order valence-electron chi connectivity index (χ2n) is 2.50. The van der Waals surface area contributed by atoms with Crippen LogP contribution in [0.3, 0.4) is 0 Å². The standard InChI is InChI=1S/C8H7NO5S/c1-14-7-3-6(15-9(12)13)2-5(4-10)8(7)11/h2-4,11H,1H3.